The van der Waals surface area contributed by atoms with Crippen molar-refractivity contribution in [3.8, 4) is 0 Å². The van der Waals surface area contributed by atoms with Gasteiger partial charge in [0.2, 0.25) is 0 Å². The van der Waals surface area contributed by atoms with E-state index in [0.717, 1.165) is 0 Å². The molecule has 0 saturated carbocycles. The van der Waals surface area contributed by atoms with E-state index >= 15 is 0 Å². The zero-order valence-electron chi connectivity index (χ0n) is 4.20. The molecule has 0 heterocycles. The molecule has 0 aromatic carbocycles. The SMILES string of the molecule is O=S(=O)([O-])[O-].[Ca+2].[K+].[OH-]. The van der Waals surface area contributed by atoms with Crippen molar-refractivity contribution in [2.75, 3.05) is 0 Å². The summed E-state index contributed by atoms with van der Waals surface area (Å²) in [4.78, 5) is 0. The van der Waals surface area contributed by atoms with E-state index < -0.39 is 10.4 Å². The molecule has 5 nitrogen and oxygen atoms in total. The molecule has 0 unspecified atom stereocenters. The fraction of sp³-hybridized carbons (Fsp3) is 0. The van der Waals surface area contributed by atoms with Gasteiger partial charge in [0.1, 0.15) is 0 Å². The Labute approximate surface area is 120 Å². The Morgan fingerprint density at radius 1 is 1.12 bits per heavy atom. The third-order valence-corrected chi connectivity index (χ3v) is 0. The number of hydrogen-bond acceptors (Lipinski definition) is 5. The van der Waals surface area contributed by atoms with Crippen molar-refractivity contribution in [1.82, 2.24) is 0 Å². The van der Waals surface area contributed by atoms with Gasteiger partial charge in [-0.05, 0) is 0 Å². The molecule has 0 aromatic rings. The maximum atomic E-state index is 8.52. The first-order valence-electron chi connectivity index (χ1n) is 0.667. The van der Waals surface area contributed by atoms with Crippen LogP contribution >= 0.6 is 0 Å². The molecule has 0 aromatic heterocycles. The molecule has 1 N–H and O–H groups in total. The summed E-state index contributed by atoms with van der Waals surface area (Å²) >= 11 is 0. The molecule has 0 fully saturated rings. The van der Waals surface area contributed by atoms with Crippen LogP contribution in [0.25, 0.3) is 0 Å². The van der Waals surface area contributed by atoms with Gasteiger partial charge >= 0.3 is 89.1 Å². The predicted molar refractivity (Wildman–Crippen MR) is 18.2 cm³/mol. The predicted octanol–water partition coefficient (Wildman–Crippen LogP) is -4.89. The first-order valence-corrected chi connectivity index (χ1v) is 2.00. The van der Waals surface area contributed by atoms with Gasteiger partial charge in [-0.15, -0.1) is 0 Å². The monoisotopic (exact) mass is 192 g/mol. The summed E-state index contributed by atoms with van der Waals surface area (Å²) in [5.41, 5.74) is 0. The molecule has 0 spiro atoms. The Bertz CT molecular complexity index is 95.6. The van der Waals surface area contributed by atoms with E-state index in [1.165, 1.54) is 0 Å². The first-order chi connectivity index (χ1) is 2.00. The maximum absolute atomic E-state index is 8.52. The van der Waals surface area contributed by atoms with Crippen molar-refractivity contribution in [2.45, 2.75) is 0 Å². The summed E-state index contributed by atoms with van der Waals surface area (Å²) in [5.74, 6) is 0. The fourth-order valence-electron chi connectivity index (χ4n) is 0. The number of rotatable bonds is 0. The van der Waals surface area contributed by atoms with Crippen LogP contribution in [0.15, 0.2) is 0 Å². The molecule has 40 valence electrons. The van der Waals surface area contributed by atoms with Crippen molar-refractivity contribution >= 4 is 48.1 Å². The maximum Gasteiger partial charge on any atom is 2.00 e. The Balaban J connectivity index is -0.0000000267. The van der Waals surface area contributed by atoms with Gasteiger partial charge in [0, 0.05) is 10.4 Å². The van der Waals surface area contributed by atoms with Crippen molar-refractivity contribution in [2.24, 2.45) is 0 Å². The summed E-state index contributed by atoms with van der Waals surface area (Å²) in [6, 6.07) is 0. The molecule has 0 atom stereocenters. The van der Waals surface area contributed by atoms with Gasteiger partial charge in [-0.1, -0.05) is 0 Å². The summed E-state index contributed by atoms with van der Waals surface area (Å²) in [5, 5.41) is 0. The van der Waals surface area contributed by atoms with Gasteiger partial charge in [-0.25, -0.2) is 0 Å². The van der Waals surface area contributed by atoms with Gasteiger partial charge in [-0.2, -0.15) is 0 Å². The van der Waals surface area contributed by atoms with Crippen LogP contribution in [0.4, 0.5) is 0 Å². The molecule has 0 radical (unpaired) electrons. The second-order valence-electron chi connectivity index (χ2n) is 0.408. The largest absolute Gasteiger partial charge is 2.00 e. The van der Waals surface area contributed by atoms with Crippen LogP contribution in [-0.2, 0) is 10.4 Å². The summed E-state index contributed by atoms with van der Waals surface area (Å²) in [6.07, 6.45) is 0. The average Bonchev–Trinajstić information content (AvgIpc) is 0.722. The van der Waals surface area contributed by atoms with Crippen molar-refractivity contribution in [1.29, 1.82) is 0 Å². The minimum Gasteiger partial charge on any atom is -0.870 e. The van der Waals surface area contributed by atoms with Gasteiger partial charge < -0.3 is 14.6 Å². The second-order valence-corrected chi connectivity index (χ2v) is 1.22. The van der Waals surface area contributed by atoms with E-state index in [2.05, 4.69) is 0 Å². The quantitative estimate of drug-likeness (QED) is 0.217. The van der Waals surface area contributed by atoms with Crippen LogP contribution in [0.3, 0.4) is 0 Å². The number of hydrogen-bond donors (Lipinski definition) is 0. The summed E-state index contributed by atoms with van der Waals surface area (Å²) < 4.78 is 34.1. The second kappa shape index (κ2) is 9.73. The molecule has 0 aliphatic carbocycles. The fourth-order valence-corrected chi connectivity index (χ4v) is 0. The van der Waals surface area contributed by atoms with Gasteiger partial charge in [0.25, 0.3) is 0 Å². The topological polar surface area (TPSA) is 110 Å². The molecule has 0 aliphatic rings. The molecule has 0 aliphatic heterocycles. The minimum absolute atomic E-state index is 0. The third kappa shape index (κ3) is 70.1. The van der Waals surface area contributed by atoms with Crippen LogP contribution in [0.5, 0.6) is 0 Å². The van der Waals surface area contributed by atoms with Gasteiger partial charge in [-0.3, -0.25) is 8.42 Å². The Morgan fingerprint density at radius 2 is 1.12 bits per heavy atom. The minimum atomic E-state index is -5.17. The van der Waals surface area contributed by atoms with E-state index in [4.69, 9.17) is 17.5 Å². The van der Waals surface area contributed by atoms with Crippen LogP contribution < -0.4 is 51.4 Å². The van der Waals surface area contributed by atoms with E-state index in [1.54, 1.807) is 0 Å². The average molecular weight is 192 g/mol. The normalized spacial score (nSPS) is 7.25. The molecule has 8 heteroatoms. The Kier molecular flexibility index (Phi) is 27.3. The molecular formula is HCaKO5S. The van der Waals surface area contributed by atoms with E-state index in [9.17, 15) is 0 Å². The molecule has 0 amide bonds. The standard InChI is InChI=1S/Ca.K.H2O4S.H2O/c;;1-5(2,3)4;/h;;(H2,1,2,3,4);1H2/q+2;+1;;/p-3. The first kappa shape index (κ1) is 22.4. The molecule has 0 bridgehead atoms. The Morgan fingerprint density at radius 3 is 1.12 bits per heavy atom. The zero-order valence-corrected chi connectivity index (χ0v) is 10.3. The zero-order chi connectivity index (χ0) is 4.50. The summed E-state index contributed by atoms with van der Waals surface area (Å²) in [6.45, 7) is 0. The summed E-state index contributed by atoms with van der Waals surface area (Å²) in [7, 11) is -5.17. The smallest absolute Gasteiger partial charge is 0.870 e. The van der Waals surface area contributed by atoms with E-state index in [1.807, 2.05) is 0 Å². The van der Waals surface area contributed by atoms with Crippen molar-refractivity contribution in [3.63, 3.8) is 0 Å². The molecular weight excluding hydrogens is 191 g/mol. The molecule has 0 saturated heterocycles. The van der Waals surface area contributed by atoms with Crippen molar-refractivity contribution < 1.29 is 74.4 Å². The van der Waals surface area contributed by atoms with E-state index in [0.29, 0.717) is 0 Å². The van der Waals surface area contributed by atoms with Crippen LogP contribution in [0, 0.1) is 0 Å². The van der Waals surface area contributed by atoms with Gasteiger partial charge in [0.05, 0.1) is 0 Å². The van der Waals surface area contributed by atoms with E-state index in [-0.39, 0.29) is 94.6 Å². The third-order valence-electron chi connectivity index (χ3n) is 0. The molecule has 0 rings (SSSR count). The molecule has 8 heavy (non-hydrogen) atoms. The Hall–Kier alpha value is 2.73. The van der Waals surface area contributed by atoms with Crippen molar-refractivity contribution in [3.05, 3.63) is 0 Å². The van der Waals surface area contributed by atoms with Crippen LogP contribution in [-0.4, -0.2) is 60.7 Å². The van der Waals surface area contributed by atoms with Gasteiger partial charge in [0.15, 0.2) is 0 Å². The van der Waals surface area contributed by atoms with Crippen LogP contribution in [0.1, 0.15) is 0 Å². The van der Waals surface area contributed by atoms with Crippen LogP contribution in [0.2, 0.25) is 0 Å².